The lowest BCUT2D eigenvalue weighted by molar-refractivity contribution is 0.416. The first kappa shape index (κ1) is 13.5. The molecule has 0 saturated carbocycles. The zero-order chi connectivity index (χ0) is 15.8. The van der Waals surface area contributed by atoms with Crippen LogP contribution in [0.15, 0.2) is 48.5 Å². The van der Waals surface area contributed by atoms with E-state index in [-0.39, 0.29) is 0 Å². The highest BCUT2D eigenvalue weighted by molar-refractivity contribution is 5.92. The van der Waals surface area contributed by atoms with E-state index in [0.29, 0.717) is 11.6 Å². The number of para-hydroxylation sites is 2. The number of hydrogen-bond donors (Lipinski definition) is 1. The number of aromatic nitrogens is 4. The molecule has 2 aromatic heterocycles. The molecule has 2 heterocycles. The quantitative estimate of drug-likeness (QED) is 0.630. The molecule has 0 amide bonds. The lowest BCUT2D eigenvalue weighted by atomic mass is 10.1. The molecule has 0 aliphatic heterocycles. The Hall–Kier alpha value is -3.15. The van der Waals surface area contributed by atoms with Gasteiger partial charge >= 0.3 is 0 Å². The highest BCUT2D eigenvalue weighted by atomic mass is 16.5. The van der Waals surface area contributed by atoms with E-state index in [1.807, 2.05) is 60.0 Å². The summed E-state index contributed by atoms with van der Waals surface area (Å²) in [5.41, 5.74) is 1.87. The molecule has 4 rings (SSSR count). The van der Waals surface area contributed by atoms with Gasteiger partial charge in [0.2, 0.25) is 0 Å². The first-order valence-electron chi connectivity index (χ1n) is 7.28. The number of anilines is 1. The summed E-state index contributed by atoms with van der Waals surface area (Å²) < 4.78 is 7.41. The average Bonchev–Trinajstić information content (AvgIpc) is 3.04. The summed E-state index contributed by atoms with van der Waals surface area (Å²) in [7, 11) is 3.50. The maximum atomic E-state index is 5.46. The lowest BCUT2D eigenvalue weighted by Crippen LogP contribution is -2.00. The minimum Gasteiger partial charge on any atom is -0.496 e. The van der Waals surface area contributed by atoms with Crippen molar-refractivity contribution in [1.82, 2.24) is 19.6 Å². The van der Waals surface area contributed by atoms with Gasteiger partial charge in [-0.05, 0) is 24.3 Å². The van der Waals surface area contributed by atoms with E-state index in [1.165, 1.54) is 0 Å². The molecule has 6 nitrogen and oxygen atoms in total. The van der Waals surface area contributed by atoms with E-state index in [4.69, 9.17) is 4.74 Å². The smallest absolute Gasteiger partial charge is 0.257 e. The average molecular weight is 305 g/mol. The van der Waals surface area contributed by atoms with Crippen LogP contribution in [-0.4, -0.2) is 33.7 Å². The van der Waals surface area contributed by atoms with Crippen LogP contribution in [0.5, 0.6) is 5.75 Å². The summed E-state index contributed by atoms with van der Waals surface area (Å²) in [6, 6.07) is 15.8. The lowest BCUT2D eigenvalue weighted by Gasteiger charge is -2.10. The Bertz CT molecular complexity index is 1010. The molecule has 23 heavy (non-hydrogen) atoms. The second kappa shape index (κ2) is 5.24. The third-order valence-corrected chi connectivity index (χ3v) is 3.84. The summed E-state index contributed by atoms with van der Waals surface area (Å²) in [6.45, 7) is 0. The van der Waals surface area contributed by atoms with Gasteiger partial charge in [0.25, 0.3) is 5.78 Å². The van der Waals surface area contributed by atoms with Crippen molar-refractivity contribution in [3.63, 3.8) is 0 Å². The molecule has 1 N–H and O–H groups in total. The van der Waals surface area contributed by atoms with Gasteiger partial charge in [-0.2, -0.15) is 4.98 Å². The Kier molecular flexibility index (Phi) is 3.08. The molecule has 4 aromatic rings. The molecule has 0 bridgehead atoms. The first-order chi connectivity index (χ1) is 11.3. The van der Waals surface area contributed by atoms with Gasteiger partial charge in [-0.25, -0.2) is 0 Å². The summed E-state index contributed by atoms with van der Waals surface area (Å²) in [5.74, 6) is 2.80. The van der Waals surface area contributed by atoms with Crippen LogP contribution in [0.4, 0.5) is 5.82 Å². The fourth-order valence-electron chi connectivity index (χ4n) is 2.79. The molecular weight excluding hydrogens is 290 g/mol. The summed E-state index contributed by atoms with van der Waals surface area (Å²) in [5, 5.41) is 12.7. The topological polar surface area (TPSA) is 64.3 Å². The predicted molar refractivity (Wildman–Crippen MR) is 89.8 cm³/mol. The van der Waals surface area contributed by atoms with E-state index >= 15 is 0 Å². The SMILES string of the molecule is CNc1nc2nnc(-c3ccccc3OC)n2c2ccccc12. The molecule has 0 unspecified atom stereocenters. The summed E-state index contributed by atoms with van der Waals surface area (Å²) >= 11 is 0. The fraction of sp³-hybridized carbons (Fsp3) is 0.118. The number of hydrogen-bond acceptors (Lipinski definition) is 5. The molecule has 2 aromatic carbocycles. The Balaban J connectivity index is 2.12. The van der Waals surface area contributed by atoms with E-state index in [1.54, 1.807) is 7.11 Å². The van der Waals surface area contributed by atoms with Crippen molar-refractivity contribution in [2.45, 2.75) is 0 Å². The highest BCUT2D eigenvalue weighted by Crippen LogP contribution is 2.31. The fourth-order valence-corrected chi connectivity index (χ4v) is 2.79. The minimum absolute atomic E-state index is 0.550. The van der Waals surface area contributed by atoms with E-state index in [9.17, 15) is 0 Å². The maximum absolute atomic E-state index is 5.46. The predicted octanol–water partition coefficient (Wildman–Crippen LogP) is 2.99. The molecule has 0 fully saturated rings. The molecule has 0 aliphatic carbocycles. The number of methoxy groups -OCH3 is 1. The third-order valence-electron chi connectivity index (χ3n) is 3.84. The molecule has 114 valence electrons. The van der Waals surface area contributed by atoms with Crippen LogP contribution in [0.1, 0.15) is 0 Å². The van der Waals surface area contributed by atoms with Crippen molar-refractivity contribution in [2.24, 2.45) is 0 Å². The Labute approximate surface area is 132 Å². The summed E-state index contributed by atoms with van der Waals surface area (Å²) in [6.07, 6.45) is 0. The van der Waals surface area contributed by atoms with E-state index < -0.39 is 0 Å². The van der Waals surface area contributed by atoms with Crippen LogP contribution >= 0.6 is 0 Å². The standard InChI is InChI=1S/C17H15N5O/c1-18-15-11-7-3-5-9-13(11)22-16(20-21-17(22)19-15)12-8-4-6-10-14(12)23-2/h3-10H,1-2H3,(H,18,19,21). The molecule has 0 saturated heterocycles. The maximum Gasteiger partial charge on any atom is 0.257 e. The van der Waals surface area contributed by atoms with Gasteiger partial charge in [0.1, 0.15) is 11.6 Å². The third kappa shape index (κ3) is 1.99. The second-order valence-corrected chi connectivity index (χ2v) is 5.09. The van der Waals surface area contributed by atoms with Gasteiger partial charge in [-0.1, -0.05) is 24.3 Å². The number of nitrogens with zero attached hydrogens (tertiary/aromatic N) is 4. The largest absolute Gasteiger partial charge is 0.496 e. The normalized spacial score (nSPS) is 11.0. The van der Waals surface area contributed by atoms with Crippen LogP contribution in [-0.2, 0) is 0 Å². The van der Waals surface area contributed by atoms with E-state index in [0.717, 1.165) is 28.0 Å². The first-order valence-corrected chi connectivity index (χ1v) is 7.28. The van der Waals surface area contributed by atoms with Crippen molar-refractivity contribution in [3.8, 4) is 17.1 Å². The van der Waals surface area contributed by atoms with Crippen molar-refractivity contribution in [1.29, 1.82) is 0 Å². The Morgan fingerprint density at radius 3 is 2.61 bits per heavy atom. The Morgan fingerprint density at radius 2 is 1.78 bits per heavy atom. The molecule has 0 spiro atoms. The zero-order valence-corrected chi connectivity index (χ0v) is 12.8. The van der Waals surface area contributed by atoms with Crippen molar-refractivity contribution in [3.05, 3.63) is 48.5 Å². The van der Waals surface area contributed by atoms with Crippen LogP contribution in [0.2, 0.25) is 0 Å². The van der Waals surface area contributed by atoms with Gasteiger partial charge in [-0.15, -0.1) is 10.2 Å². The number of ether oxygens (including phenoxy) is 1. The van der Waals surface area contributed by atoms with Gasteiger partial charge in [0.15, 0.2) is 5.82 Å². The zero-order valence-electron chi connectivity index (χ0n) is 12.8. The highest BCUT2D eigenvalue weighted by Gasteiger charge is 2.17. The summed E-state index contributed by atoms with van der Waals surface area (Å²) in [4.78, 5) is 4.56. The van der Waals surface area contributed by atoms with Crippen molar-refractivity contribution >= 4 is 22.5 Å². The monoisotopic (exact) mass is 305 g/mol. The van der Waals surface area contributed by atoms with Crippen LogP contribution in [0, 0.1) is 0 Å². The number of rotatable bonds is 3. The van der Waals surface area contributed by atoms with Crippen molar-refractivity contribution < 1.29 is 4.74 Å². The number of nitrogens with one attached hydrogen (secondary N) is 1. The van der Waals surface area contributed by atoms with Crippen LogP contribution in [0.25, 0.3) is 28.1 Å². The molecule has 0 aliphatic rings. The van der Waals surface area contributed by atoms with Crippen LogP contribution in [0.3, 0.4) is 0 Å². The number of fused-ring (bicyclic) bond motifs is 3. The van der Waals surface area contributed by atoms with E-state index in [2.05, 4.69) is 20.5 Å². The number of benzene rings is 2. The Morgan fingerprint density at radius 1 is 1.00 bits per heavy atom. The van der Waals surface area contributed by atoms with Crippen molar-refractivity contribution in [2.75, 3.05) is 19.5 Å². The van der Waals surface area contributed by atoms with Gasteiger partial charge in [-0.3, -0.25) is 4.40 Å². The molecule has 0 atom stereocenters. The van der Waals surface area contributed by atoms with Gasteiger partial charge < -0.3 is 10.1 Å². The van der Waals surface area contributed by atoms with Gasteiger partial charge in [0, 0.05) is 12.4 Å². The molecule has 0 radical (unpaired) electrons. The van der Waals surface area contributed by atoms with Crippen LogP contribution < -0.4 is 10.1 Å². The minimum atomic E-state index is 0.550. The molecular formula is C17H15N5O. The van der Waals surface area contributed by atoms with Gasteiger partial charge in [0.05, 0.1) is 18.2 Å². The molecule has 6 heteroatoms. The second-order valence-electron chi connectivity index (χ2n) is 5.09.